The average Bonchev–Trinajstić information content (AvgIpc) is 2.42. The Morgan fingerprint density at radius 3 is 2.74 bits per heavy atom. The first kappa shape index (κ1) is 12.0. The predicted molar refractivity (Wildman–Crippen MR) is 71.5 cm³/mol. The fourth-order valence-corrected chi connectivity index (χ4v) is 2.89. The highest BCUT2D eigenvalue weighted by Crippen LogP contribution is 2.37. The first-order valence-corrected chi connectivity index (χ1v) is 6.50. The van der Waals surface area contributed by atoms with E-state index >= 15 is 0 Å². The summed E-state index contributed by atoms with van der Waals surface area (Å²) >= 11 is 0. The highest BCUT2D eigenvalue weighted by atomic mass is 16.5. The van der Waals surface area contributed by atoms with Crippen molar-refractivity contribution in [2.24, 2.45) is 0 Å². The Hall–Kier alpha value is -2.04. The number of hydrogen-bond acceptors (Lipinski definition) is 3. The zero-order valence-corrected chi connectivity index (χ0v) is 10.9. The van der Waals surface area contributed by atoms with Gasteiger partial charge in [0.05, 0.1) is 12.8 Å². The molecular weight excluding hydrogens is 244 g/mol. The maximum atomic E-state index is 11.9. The summed E-state index contributed by atoms with van der Waals surface area (Å²) in [5, 5.41) is 2.70. The van der Waals surface area contributed by atoms with E-state index in [0.717, 1.165) is 48.3 Å². The number of hydrogen-bond donors (Lipinski definition) is 1. The van der Waals surface area contributed by atoms with E-state index in [9.17, 15) is 9.59 Å². The highest BCUT2D eigenvalue weighted by Gasteiger charge is 2.29. The third-order valence-electron chi connectivity index (χ3n) is 3.71. The molecule has 5 heteroatoms. The van der Waals surface area contributed by atoms with Crippen LogP contribution in [0.15, 0.2) is 12.1 Å². The van der Waals surface area contributed by atoms with Crippen molar-refractivity contribution in [3.05, 3.63) is 23.3 Å². The van der Waals surface area contributed by atoms with Crippen LogP contribution in [0.2, 0.25) is 0 Å². The number of benzene rings is 1. The van der Waals surface area contributed by atoms with E-state index in [-0.39, 0.29) is 5.91 Å². The zero-order chi connectivity index (χ0) is 13.4. The van der Waals surface area contributed by atoms with Crippen molar-refractivity contribution >= 4 is 23.4 Å². The van der Waals surface area contributed by atoms with Crippen LogP contribution in [0, 0.1) is 0 Å². The van der Waals surface area contributed by atoms with Gasteiger partial charge in [0.2, 0.25) is 5.91 Å². The van der Waals surface area contributed by atoms with Crippen LogP contribution in [0.4, 0.5) is 16.2 Å². The predicted octanol–water partition coefficient (Wildman–Crippen LogP) is 2.09. The van der Waals surface area contributed by atoms with E-state index in [1.54, 1.807) is 0 Å². The molecule has 0 saturated carbocycles. The van der Waals surface area contributed by atoms with Crippen molar-refractivity contribution in [3.8, 4) is 0 Å². The second kappa shape index (κ2) is 4.57. The van der Waals surface area contributed by atoms with Crippen molar-refractivity contribution in [1.29, 1.82) is 0 Å². The Kier molecular flexibility index (Phi) is 2.89. The number of ether oxygens (including phenoxy) is 1. The molecule has 2 amide bonds. The van der Waals surface area contributed by atoms with Crippen LogP contribution in [-0.4, -0.2) is 25.7 Å². The van der Waals surface area contributed by atoms with Crippen LogP contribution in [0.3, 0.4) is 0 Å². The molecule has 0 bridgehead atoms. The molecule has 1 aromatic rings. The van der Waals surface area contributed by atoms with E-state index in [4.69, 9.17) is 0 Å². The van der Waals surface area contributed by atoms with E-state index in [2.05, 4.69) is 10.1 Å². The van der Waals surface area contributed by atoms with Crippen LogP contribution in [0.1, 0.15) is 24.0 Å². The minimum absolute atomic E-state index is 0.210. The van der Waals surface area contributed by atoms with Gasteiger partial charge in [-0.1, -0.05) is 0 Å². The van der Waals surface area contributed by atoms with Crippen LogP contribution in [-0.2, 0) is 22.4 Å². The number of aryl methyl sites for hydroxylation is 2. The minimum Gasteiger partial charge on any atom is -0.453 e. The van der Waals surface area contributed by atoms with Gasteiger partial charge in [0.15, 0.2) is 0 Å². The molecule has 0 aromatic heterocycles. The number of carbonyl (C=O) groups is 2. The number of nitrogens with zero attached hydrogens (tertiary/aromatic N) is 1. The van der Waals surface area contributed by atoms with Crippen molar-refractivity contribution < 1.29 is 14.3 Å². The van der Waals surface area contributed by atoms with Gasteiger partial charge < -0.3 is 9.64 Å². The average molecular weight is 260 g/mol. The van der Waals surface area contributed by atoms with E-state index in [0.29, 0.717) is 6.42 Å². The van der Waals surface area contributed by atoms with Crippen LogP contribution < -0.4 is 10.2 Å². The Bertz CT molecular complexity index is 537. The normalized spacial score (nSPS) is 16.9. The number of rotatable bonds is 1. The molecule has 100 valence electrons. The molecular formula is C14H16N2O3. The second-order valence-corrected chi connectivity index (χ2v) is 4.91. The number of nitrogens with one attached hydrogen (secondary N) is 1. The Balaban J connectivity index is 2.01. The van der Waals surface area contributed by atoms with Crippen LogP contribution >= 0.6 is 0 Å². The number of amides is 2. The molecule has 0 atom stereocenters. The first-order chi connectivity index (χ1) is 9.19. The molecule has 2 aliphatic heterocycles. The summed E-state index contributed by atoms with van der Waals surface area (Å²) in [6, 6.07) is 3.89. The molecule has 2 aliphatic rings. The van der Waals surface area contributed by atoms with Gasteiger partial charge in [-0.2, -0.15) is 0 Å². The number of methoxy groups -OCH3 is 1. The fraction of sp³-hybridized carbons (Fsp3) is 0.429. The molecule has 1 aromatic carbocycles. The lowest BCUT2D eigenvalue weighted by Crippen LogP contribution is -2.39. The van der Waals surface area contributed by atoms with E-state index < -0.39 is 6.09 Å². The van der Waals surface area contributed by atoms with E-state index in [1.807, 2.05) is 17.0 Å². The highest BCUT2D eigenvalue weighted by molar-refractivity contribution is 5.98. The number of carbonyl (C=O) groups excluding carboxylic acids is 2. The smallest absolute Gasteiger partial charge is 0.411 e. The molecule has 0 aliphatic carbocycles. The van der Waals surface area contributed by atoms with Gasteiger partial charge >= 0.3 is 6.09 Å². The molecule has 0 spiro atoms. The largest absolute Gasteiger partial charge is 0.453 e. The molecule has 3 rings (SSSR count). The summed E-state index contributed by atoms with van der Waals surface area (Å²) in [6.45, 7) is 0.808. The molecule has 0 fully saturated rings. The second-order valence-electron chi connectivity index (χ2n) is 4.91. The van der Waals surface area contributed by atoms with Gasteiger partial charge in [-0.25, -0.2) is 4.79 Å². The van der Waals surface area contributed by atoms with E-state index in [1.165, 1.54) is 7.11 Å². The summed E-state index contributed by atoms with van der Waals surface area (Å²) in [5.74, 6) is 0.210. The monoisotopic (exact) mass is 260 g/mol. The van der Waals surface area contributed by atoms with Gasteiger partial charge in [0.25, 0.3) is 0 Å². The zero-order valence-electron chi connectivity index (χ0n) is 10.9. The van der Waals surface area contributed by atoms with Crippen molar-refractivity contribution in [2.75, 3.05) is 23.9 Å². The minimum atomic E-state index is -0.466. The van der Waals surface area contributed by atoms with Crippen LogP contribution in [0.5, 0.6) is 0 Å². The maximum absolute atomic E-state index is 11.9. The van der Waals surface area contributed by atoms with Crippen molar-refractivity contribution in [2.45, 2.75) is 25.7 Å². The third kappa shape index (κ3) is 2.05. The molecule has 0 radical (unpaired) electrons. The van der Waals surface area contributed by atoms with Gasteiger partial charge in [0.1, 0.15) is 0 Å². The summed E-state index contributed by atoms with van der Waals surface area (Å²) in [6.07, 6.45) is 2.75. The van der Waals surface area contributed by atoms with Crippen molar-refractivity contribution in [3.63, 3.8) is 0 Å². The fourth-order valence-electron chi connectivity index (χ4n) is 2.89. The standard InChI is InChI=1S/C14H16N2O3/c1-19-14(18)15-11-7-9-3-2-6-16-12(17)5-4-10(8-11)13(9)16/h7-8H,2-6H2,1H3,(H,15,18). The molecule has 1 N–H and O–H groups in total. The molecule has 0 unspecified atom stereocenters. The van der Waals surface area contributed by atoms with Gasteiger partial charge in [-0.3, -0.25) is 10.1 Å². The Labute approximate surface area is 111 Å². The lowest BCUT2D eigenvalue weighted by Gasteiger charge is -2.35. The van der Waals surface area contributed by atoms with Gasteiger partial charge in [0, 0.05) is 18.7 Å². The topological polar surface area (TPSA) is 58.6 Å². The Morgan fingerprint density at radius 1 is 1.26 bits per heavy atom. The number of anilines is 2. The summed E-state index contributed by atoms with van der Waals surface area (Å²) < 4.78 is 4.61. The van der Waals surface area contributed by atoms with Crippen LogP contribution in [0.25, 0.3) is 0 Å². The summed E-state index contributed by atoms with van der Waals surface area (Å²) in [5.41, 5.74) is 4.10. The van der Waals surface area contributed by atoms with Crippen molar-refractivity contribution in [1.82, 2.24) is 0 Å². The Morgan fingerprint density at radius 2 is 2.00 bits per heavy atom. The summed E-state index contributed by atoms with van der Waals surface area (Å²) in [7, 11) is 1.35. The SMILES string of the molecule is COC(=O)Nc1cc2c3c(c1)CCC(=O)N3CCC2. The molecule has 2 heterocycles. The van der Waals surface area contributed by atoms with Gasteiger partial charge in [-0.15, -0.1) is 0 Å². The first-order valence-electron chi connectivity index (χ1n) is 6.50. The molecule has 5 nitrogen and oxygen atoms in total. The molecule has 19 heavy (non-hydrogen) atoms. The lowest BCUT2D eigenvalue weighted by molar-refractivity contribution is -0.119. The third-order valence-corrected chi connectivity index (χ3v) is 3.71. The lowest BCUT2D eigenvalue weighted by atomic mass is 9.91. The van der Waals surface area contributed by atoms with Gasteiger partial charge in [-0.05, 0) is 42.5 Å². The quantitative estimate of drug-likeness (QED) is 0.841. The molecule has 0 saturated heterocycles. The summed E-state index contributed by atoms with van der Waals surface area (Å²) in [4.78, 5) is 25.1. The maximum Gasteiger partial charge on any atom is 0.411 e.